The van der Waals surface area contributed by atoms with Crippen molar-refractivity contribution in [2.45, 2.75) is 0 Å². The number of benzene rings is 2. The number of rotatable bonds is 2. The standard InChI is InChI=1S/C15H11NO2/c1-18-15(17)13(10-16)9-12-7-4-6-11-5-2-3-8-14(11)12/h2-9H,1H3/b13-9-. The number of nitriles is 1. The lowest BCUT2D eigenvalue weighted by atomic mass is 10.0. The molecule has 0 aliphatic heterocycles. The van der Waals surface area contributed by atoms with Crippen molar-refractivity contribution in [3.63, 3.8) is 0 Å². The summed E-state index contributed by atoms with van der Waals surface area (Å²) in [6, 6.07) is 15.4. The Hall–Kier alpha value is -2.60. The minimum atomic E-state index is -0.620. The van der Waals surface area contributed by atoms with Gasteiger partial charge in [-0.05, 0) is 22.4 Å². The first-order valence-corrected chi connectivity index (χ1v) is 5.44. The third-order valence-corrected chi connectivity index (χ3v) is 2.65. The van der Waals surface area contributed by atoms with Crippen LogP contribution in [0.4, 0.5) is 0 Å². The minimum Gasteiger partial charge on any atom is -0.465 e. The number of methoxy groups -OCH3 is 1. The third-order valence-electron chi connectivity index (χ3n) is 2.65. The van der Waals surface area contributed by atoms with Crippen LogP contribution in [-0.2, 0) is 9.53 Å². The maximum Gasteiger partial charge on any atom is 0.348 e. The number of fused-ring (bicyclic) bond motifs is 1. The summed E-state index contributed by atoms with van der Waals surface area (Å²) in [5.74, 6) is -0.620. The monoisotopic (exact) mass is 237 g/mol. The lowest BCUT2D eigenvalue weighted by Gasteiger charge is -2.02. The molecule has 2 rings (SSSR count). The van der Waals surface area contributed by atoms with Crippen LogP contribution in [0.1, 0.15) is 5.56 Å². The third kappa shape index (κ3) is 2.23. The highest BCUT2D eigenvalue weighted by Crippen LogP contribution is 2.20. The number of esters is 1. The van der Waals surface area contributed by atoms with Crippen LogP contribution < -0.4 is 0 Å². The number of hydrogen-bond donors (Lipinski definition) is 0. The zero-order valence-corrected chi connectivity index (χ0v) is 9.88. The second-order valence-electron chi connectivity index (χ2n) is 3.73. The van der Waals surface area contributed by atoms with Gasteiger partial charge in [0.25, 0.3) is 0 Å². The lowest BCUT2D eigenvalue weighted by molar-refractivity contribution is -0.135. The second-order valence-corrected chi connectivity index (χ2v) is 3.73. The van der Waals surface area contributed by atoms with Crippen molar-refractivity contribution in [3.8, 4) is 6.07 Å². The van der Waals surface area contributed by atoms with Crippen LogP contribution in [-0.4, -0.2) is 13.1 Å². The highest BCUT2D eigenvalue weighted by Gasteiger charge is 2.09. The van der Waals surface area contributed by atoms with Crippen molar-refractivity contribution < 1.29 is 9.53 Å². The Labute approximate surface area is 105 Å². The minimum absolute atomic E-state index is 0.00569. The molecule has 0 radical (unpaired) electrons. The molecular formula is C15H11NO2. The molecule has 0 aliphatic rings. The summed E-state index contributed by atoms with van der Waals surface area (Å²) < 4.78 is 4.56. The fourth-order valence-corrected chi connectivity index (χ4v) is 1.78. The summed E-state index contributed by atoms with van der Waals surface area (Å²) in [6.07, 6.45) is 1.55. The number of hydrogen-bond acceptors (Lipinski definition) is 3. The zero-order chi connectivity index (χ0) is 13.0. The number of carbonyl (C=O) groups is 1. The van der Waals surface area contributed by atoms with Crippen molar-refractivity contribution in [1.29, 1.82) is 5.26 Å². The molecular weight excluding hydrogens is 226 g/mol. The smallest absolute Gasteiger partial charge is 0.348 e. The van der Waals surface area contributed by atoms with E-state index >= 15 is 0 Å². The molecule has 0 N–H and O–H groups in total. The molecule has 0 bridgehead atoms. The Morgan fingerprint density at radius 2 is 1.94 bits per heavy atom. The van der Waals surface area contributed by atoms with Gasteiger partial charge >= 0.3 is 5.97 Å². The predicted molar refractivity (Wildman–Crippen MR) is 69.6 cm³/mol. The summed E-state index contributed by atoms with van der Waals surface area (Å²) in [5.41, 5.74) is 0.823. The fraction of sp³-hybridized carbons (Fsp3) is 0.0667. The molecule has 3 nitrogen and oxygen atoms in total. The normalized spacial score (nSPS) is 11.0. The first-order valence-electron chi connectivity index (χ1n) is 5.44. The second kappa shape index (κ2) is 5.15. The molecule has 0 unspecified atom stereocenters. The molecule has 88 valence electrons. The van der Waals surface area contributed by atoms with E-state index in [1.807, 2.05) is 48.5 Å². The fourth-order valence-electron chi connectivity index (χ4n) is 1.78. The SMILES string of the molecule is COC(=O)/C(C#N)=C\c1cccc2ccccc12. The van der Waals surface area contributed by atoms with Crippen LogP contribution in [0.15, 0.2) is 48.0 Å². The molecule has 0 aromatic heterocycles. The van der Waals surface area contributed by atoms with Crippen molar-refractivity contribution >= 4 is 22.8 Å². The van der Waals surface area contributed by atoms with Gasteiger partial charge < -0.3 is 4.74 Å². The van der Waals surface area contributed by atoms with Gasteiger partial charge in [-0.3, -0.25) is 0 Å². The molecule has 0 aliphatic carbocycles. The van der Waals surface area contributed by atoms with E-state index in [0.717, 1.165) is 16.3 Å². The first kappa shape index (κ1) is 11.9. The molecule has 0 fully saturated rings. The lowest BCUT2D eigenvalue weighted by Crippen LogP contribution is -2.02. The van der Waals surface area contributed by atoms with Gasteiger partial charge in [0.05, 0.1) is 7.11 Å². The van der Waals surface area contributed by atoms with Gasteiger partial charge in [0.15, 0.2) is 0 Å². The van der Waals surface area contributed by atoms with Crippen LogP contribution in [0, 0.1) is 11.3 Å². The molecule has 0 heterocycles. The Morgan fingerprint density at radius 3 is 2.67 bits per heavy atom. The Morgan fingerprint density at radius 1 is 1.22 bits per heavy atom. The molecule has 0 amide bonds. The van der Waals surface area contributed by atoms with Crippen molar-refractivity contribution in [2.24, 2.45) is 0 Å². The average molecular weight is 237 g/mol. The van der Waals surface area contributed by atoms with E-state index in [1.165, 1.54) is 7.11 Å². The highest BCUT2D eigenvalue weighted by molar-refractivity contribution is 6.01. The van der Waals surface area contributed by atoms with E-state index in [0.29, 0.717) is 0 Å². The van der Waals surface area contributed by atoms with Crippen molar-refractivity contribution in [1.82, 2.24) is 0 Å². The number of carbonyl (C=O) groups excluding carboxylic acids is 1. The topological polar surface area (TPSA) is 50.1 Å². The van der Waals surface area contributed by atoms with Crippen molar-refractivity contribution in [3.05, 3.63) is 53.6 Å². The largest absolute Gasteiger partial charge is 0.465 e. The van der Waals surface area contributed by atoms with Gasteiger partial charge in [0.2, 0.25) is 0 Å². The summed E-state index contributed by atoms with van der Waals surface area (Å²) >= 11 is 0. The van der Waals surface area contributed by atoms with Gasteiger partial charge in [-0.25, -0.2) is 4.79 Å². The van der Waals surface area contributed by atoms with Gasteiger partial charge in [-0.1, -0.05) is 42.5 Å². The van der Waals surface area contributed by atoms with Crippen LogP contribution in [0.2, 0.25) is 0 Å². The van der Waals surface area contributed by atoms with E-state index < -0.39 is 5.97 Å². The van der Waals surface area contributed by atoms with Crippen LogP contribution >= 0.6 is 0 Å². The van der Waals surface area contributed by atoms with E-state index in [4.69, 9.17) is 5.26 Å². The Balaban J connectivity index is 2.59. The van der Waals surface area contributed by atoms with E-state index in [-0.39, 0.29) is 5.57 Å². The maximum absolute atomic E-state index is 11.4. The molecule has 2 aromatic rings. The number of nitrogens with zero attached hydrogens (tertiary/aromatic N) is 1. The van der Waals surface area contributed by atoms with Gasteiger partial charge in [-0.15, -0.1) is 0 Å². The highest BCUT2D eigenvalue weighted by atomic mass is 16.5. The van der Waals surface area contributed by atoms with Gasteiger partial charge in [0, 0.05) is 0 Å². The van der Waals surface area contributed by atoms with E-state index in [1.54, 1.807) is 6.08 Å². The quantitative estimate of drug-likeness (QED) is 0.458. The molecule has 2 aromatic carbocycles. The molecule has 0 saturated heterocycles. The first-order chi connectivity index (χ1) is 8.76. The van der Waals surface area contributed by atoms with Crippen LogP contribution in [0.3, 0.4) is 0 Å². The van der Waals surface area contributed by atoms with Crippen LogP contribution in [0.5, 0.6) is 0 Å². The Kier molecular flexibility index (Phi) is 3.40. The summed E-state index contributed by atoms with van der Waals surface area (Å²) in [6.45, 7) is 0. The molecule has 0 atom stereocenters. The molecule has 18 heavy (non-hydrogen) atoms. The summed E-state index contributed by atoms with van der Waals surface area (Å²) in [7, 11) is 1.26. The van der Waals surface area contributed by atoms with Crippen molar-refractivity contribution in [2.75, 3.05) is 7.11 Å². The Bertz CT molecular complexity index is 660. The predicted octanol–water partition coefficient (Wildman–Crippen LogP) is 2.92. The summed E-state index contributed by atoms with van der Waals surface area (Å²) in [5, 5.41) is 11.0. The van der Waals surface area contributed by atoms with Crippen LogP contribution in [0.25, 0.3) is 16.8 Å². The maximum atomic E-state index is 11.4. The van der Waals surface area contributed by atoms with Gasteiger partial charge in [-0.2, -0.15) is 5.26 Å². The molecule has 3 heteroatoms. The van der Waals surface area contributed by atoms with E-state index in [9.17, 15) is 4.79 Å². The average Bonchev–Trinajstić information content (AvgIpc) is 2.44. The van der Waals surface area contributed by atoms with Gasteiger partial charge in [0.1, 0.15) is 11.6 Å². The molecule has 0 spiro atoms. The molecule has 0 saturated carbocycles. The summed E-state index contributed by atoms with van der Waals surface area (Å²) in [4.78, 5) is 11.4. The zero-order valence-electron chi connectivity index (χ0n) is 9.88. The van der Waals surface area contributed by atoms with E-state index in [2.05, 4.69) is 4.74 Å². The number of ether oxygens (including phenoxy) is 1.